The predicted molar refractivity (Wildman–Crippen MR) is 61.2 cm³/mol. The lowest BCUT2D eigenvalue weighted by atomic mass is 10.2. The summed E-state index contributed by atoms with van der Waals surface area (Å²) >= 11 is 0. The molecular weight excluding hydrogens is 174 g/mol. The van der Waals surface area contributed by atoms with Crippen molar-refractivity contribution >= 4 is 0 Å². The highest BCUT2D eigenvalue weighted by atomic mass is 16.0. The van der Waals surface area contributed by atoms with E-state index < -0.39 is 0 Å². The molecule has 0 unspecified atom stereocenters. The van der Waals surface area contributed by atoms with Crippen molar-refractivity contribution in [2.45, 2.75) is 20.4 Å². The molecule has 0 aromatic heterocycles. The summed E-state index contributed by atoms with van der Waals surface area (Å²) in [6, 6.07) is 10.4. The minimum atomic E-state index is 0. The van der Waals surface area contributed by atoms with Gasteiger partial charge in [-0.2, -0.15) is 0 Å². The number of allylic oxidation sites excluding steroid dienone is 1. The van der Waals surface area contributed by atoms with E-state index in [9.17, 15) is 0 Å². The zero-order chi connectivity index (χ0) is 9.52. The highest BCUT2D eigenvalue weighted by Gasteiger charge is 1.87. The summed E-state index contributed by atoms with van der Waals surface area (Å²) in [5.74, 6) is 0. The van der Waals surface area contributed by atoms with Crippen LogP contribution in [-0.2, 0) is 6.54 Å². The van der Waals surface area contributed by atoms with E-state index in [0.29, 0.717) is 0 Å². The van der Waals surface area contributed by atoms with E-state index in [1.165, 1.54) is 11.1 Å². The Morgan fingerprint density at radius 1 is 1.21 bits per heavy atom. The van der Waals surface area contributed by atoms with E-state index in [0.717, 1.165) is 13.1 Å². The van der Waals surface area contributed by atoms with Crippen LogP contribution in [-0.4, -0.2) is 12.0 Å². The van der Waals surface area contributed by atoms with Gasteiger partial charge in [-0.05, 0) is 19.4 Å². The molecule has 0 radical (unpaired) electrons. The van der Waals surface area contributed by atoms with Crippen LogP contribution in [0.15, 0.2) is 42.0 Å². The lowest BCUT2D eigenvalue weighted by Gasteiger charge is -2.01. The van der Waals surface area contributed by atoms with Gasteiger partial charge in [-0.25, -0.2) is 0 Å². The predicted octanol–water partition coefficient (Wildman–Crippen LogP) is 1.92. The van der Waals surface area contributed by atoms with E-state index in [4.69, 9.17) is 0 Å². The topological polar surface area (TPSA) is 43.5 Å². The molecule has 0 bridgehead atoms. The standard InChI is InChI=1S/C12H17N.H2O/c1-11(2)8-9-13-10-12-6-4-3-5-7-12;/h3-8,13H,9-10H2,1-2H3;1H2. The second kappa shape index (κ2) is 7.30. The lowest BCUT2D eigenvalue weighted by molar-refractivity contribution is 0.757. The summed E-state index contributed by atoms with van der Waals surface area (Å²) in [7, 11) is 0. The molecule has 2 heteroatoms. The molecule has 3 N–H and O–H groups in total. The van der Waals surface area contributed by atoms with Crippen LogP contribution < -0.4 is 5.32 Å². The third-order valence-corrected chi connectivity index (χ3v) is 1.83. The van der Waals surface area contributed by atoms with Crippen molar-refractivity contribution in [3.05, 3.63) is 47.5 Å². The molecular formula is C12H19NO. The summed E-state index contributed by atoms with van der Waals surface area (Å²) in [4.78, 5) is 0. The van der Waals surface area contributed by atoms with Gasteiger partial charge in [0, 0.05) is 13.1 Å². The van der Waals surface area contributed by atoms with Gasteiger partial charge >= 0.3 is 0 Å². The largest absolute Gasteiger partial charge is 0.412 e. The zero-order valence-corrected chi connectivity index (χ0v) is 8.88. The van der Waals surface area contributed by atoms with Gasteiger partial charge in [0.15, 0.2) is 0 Å². The smallest absolute Gasteiger partial charge is 0.0208 e. The Kier molecular flexibility index (Phi) is 6.72. The normalized spacial score (nSPS) is 9.00. The first-order chi connectivity index (χ1) is 6.29. The Bertz CT molecular complexity index is 263. The highest BCUT2D eigenvalue weighted by Crippen LogP contribution is 1.96. The van der Waals surface area contributed by atoms with Crippen LogP contribution in [0.3, 0.4) is 0 Å². The summed E-state index contributed by atoms with van der Waals surface area (Å²) in [5, 5.41) is 3.36. The van der Waals surface area contributed by atoms with Gasteiger partial charge in [-0.15, -0.1) is 0 Å². The van der Waals surface area contributed by atoms with E-state index in [1.54, 1.807) is 0 Å². The van der Waals surface area contributed by atoms with Crippen molar-refractivity contribution in [1.29, 1.82) is 0 Å². The molecule has 2 nitrogen and oxygen atoms in total. The van der Waals surface area contributed by atoms with E-state index in [1.807, 2.05) is 6.07 Å². The van der Waals surface area contributed by atoms with Crippen molar-refractivity contribution in [1.82, 2.24) is 5.32 Å². The number of benzene rings is 1. The van der Waals surface area contributed by atoms with Gasteiger partial charge in [0.1, 0.15) is 0 Å². The fourth-order valence-corrected chi connectivity index (χ4v) is 1.09. The molecule has 0 aliphatic carbocycles. The summed E-state index contributed by atoms with van der Waals surface area (Å²) in [5.41, 5.74) is 2.70. The molecule has 1 aromatic carbocycles. The van der Waals surface area contributed by atoms with Crippen LogP contribution in [0.25, 0.3) is 0 Å². The van der Waals surface area contributed by atoms with Gasteiger partial charge in [0.2, 0.25) is 0 Å². The molecule has 78 valence electrons. The Labute approximate surface area is 86.0 Å². The Balaban J connectivity index is 0.00000169. The van der Waals surface area contributed by atoms with Crippen LogP contribution in [0.4, 0.5) is 0 Å². The summed E-state index contributed by atoms with van der Waals surface area (Å²) in [6.45, 7) is 6.14. The number of hydrogen-bond donors (Lipinski definition) is 1. The van der Waals surface area contributed by atoms with Gasteiger partial charge < -0.3 is 10.8 Å². The first-order valence-corrected chi connectivity index (χ1v) is 4.67. The average molecular weight is 193 g/mol. The van der Waals surface area contributed by atoms with Crippen LogP contribution in [0.2, 0.25) is 0 Å². The molecule has 0 heterocycles. The number of rotatable bonds is 4. The Morgan fingerprint density at radius 2 is 1.86 bits per heavy atom. The molecule has 0 atom stereocenters. The maximum Gasteiger partial charge on any atom is 0.0208 e. The van der Waals surface area contributed by atoms with E-state index in [2.05, 4.69) is 49.5 Å². The molecule has 0 aliphatic heterocycles. The van der Waals surface area contributed by atoms with Gasteiger partial charge in [-0.3, -0.25) is 0 Å². The second-order valence-corrected chi connectivity index (χ2v) is 3.40. The van der Waals surface area contributed by atoms with Crippen molar-refractivity contribution in [2.24, 2.45) is 0 Å². The average Bonchev–Trinajstić information content (AvgIpc) is 2.14. The van der Waals surface area contributed by atoms with Gasteiger partial charge in [0.25, 0.3) is 0 Å². The molecule has 1 aromatic rings. The first-order valence-electron chi connectivity index (χ1n) is 4.67. The lowest BCUT2D eigenvalue weighted by Crippen LogP contribution is -2.12. The van der Waals surface area contributed by atoms with Crippen LogP contribution in [0, 0.1) is 0 Å². The van der Waals surface area contributed by atoms with Crippen LogP contribution in [0.5, 0.6) is 0 Å². The molecule has 0 aliphatic rings. The van der Waals surface area contributed by atoms with E-state index >= 15 is 0 Å². The maximum absolute atomic E-state index is 3.36. The van der Waals surface area contributed by atoms with E-state index in [-0.39, 0.29) is 5.48 Å². The second-order valence-electron chi connectivity index (χ2n) is 3.40. The van der Waals surface area contributed by atoms with Crippen LogP contribution in [0.1, 0.15) is 19.4 Å². The Morgan fingerprint density at radius 3 is 2.43 bits per heavy atom. The van der Waals surface area contributed by atoms with Gasteiger partial charge in [0.05, 0.1) is 0 Å². The third kappa shape index (κ3) is 5.51. The summed E-state index contributed by atoms with van der Waals surface area (Å²) in [6.07, 6.45) is 2.20. The molecule has 0 fully saturated rings. The number of hydrogen-bond acceptors (Lipinski definition) is 1. The minimum Gasteiger partial charge on any atom is -0.412 e. The fourth-order valence-electron chi connectivity index (χ4n) is 1.09. The highest BCUT2D eigenvalue weighted by molar-refractivity contribution is 5.14. The van der Waals surface area contributed by atoms with Crippen molar-refractivity contribution in [3.8, 4) is 0 Å². The zero-order valence-electron chi connectivity index (χ0n) is 8.88. The Hall–Kier alpha value is -1.12. The molecule has 0 spiro atoms. The molecule has 14 heavy (non-hydrogen) atoms. The van der Waals surface area contributed by atoms with Crippen molar-refractivity contribution in [2.75, 3.05) is 6.54 Å². The molecule has 0 saturated heterocycles. The summed E-state index contributed by atoms with van der Waals surface area (Å²) < 4.78 is 0. The minimum absolute atomic E-state index is 0. The molecule has 0 saturated carbocycles. The van der Waals surface area contributed by atoms with Crippen molar-refractivity contribution in [3.63, 3.8) is 0 Å². The molecule has 1 rings (SSSR count). The molecule has 0 amide bonds. The monoisotopic (exact) mass is 193 g/mol. The SMILES string of the molecule is CC(C)=CCNCc1ccccc1.O. The fraction of sp³-hybridized carbons (Fsp3) is 0.333. The third-order valence-electron chi connectivity index (χ3n) is 1.83. The first kappa shape index (κ1) is 12.9. The van der Waals surface area contributed by atoms with Gasteiger partial charge in [-0.1, -0.05) is 42.0 Å². The quantitative estimate of drug-likeness (QED) is 0.576. The van der Waals surface area contributed by atoms with Crippen molar-refractivity contribution < 1.29 is 5.48 Å². The maximum atomic E-state index is 3.36. The number of nitrogens with one attached hydrogen (secondary N) is 1. The van der Waals surface area contributed by atoms with Crippen LogP contribution >= 0.6 is 0 Å².